The summed E-state index contributed by atoms with van der Waals surface area (Å²) in [5.74, 6) is -1.54. The Morgan fingerprint density at radius 1 is 0.443 bits per heavy atom. The van der Waals surface area contributed by atoms with Gasteiger partial charge in [0.05, 0.1) is 29.2 Å². The Bertz CT molecular complexity index is 1340. The number of allylic oxidation sites excluding steroid dienone is 4. The molecule has 0 fully saturated rings. The molecule has 0 N–H and O–H groups in total. The fraction of sp³-hybridized carbons (Fsp3) is 0.769. The third-order valence-corrected chi connectivity index (χ3v) is 12.3. The van der Waals surface area contributed by atoms with Crippen molar-refractivity contribution in [2.75, 3.05) is 13.2 Å². The van der Waals surface area contributed by atoms with E-state index < -0.39 is 27.0 Å². The van der Waals surface area contributed by atoms with Gasteiger partial charge in [-0.3, -0.25) is 0 Å². The van der Waals surface area contributed by atoms with Crippen molar-refractivity contribution >= 4 is 22.1 Å². The van der Waals surface area contributed by atoms with Gasteiger partial charge >= 0.3 is 41.5 Å². The third-order valence-electron chi connectivity index (χ3n) is 11.5. The number of esters is 2. The summed E-state index contributed by atoms with van der Waals surface area (Å²) in [6, 6.07) is 3.16. The van der Waals surface area contributed by atoms with Crippen LogP contribution >= 0.6 is 0 Å². The summed E-state index contributed by atoms with van der Waals surface area (Å²) in [6.45, 7) is 4.85. The normalized spacial score (nSPS) is 11.7. The van der Waals surface area contributed by atoms with Gasteiger partial charge in [-0.25, -0.2) is 18.0 Å². The van der Waals surface area contributed by atoms with E-state index in [1.54, 1.807) is 0 Å². The number of benzene rings is 1. The molecule has 9 heteroatoms. The van der Waals surface area contributed by atoms with Crippen LogP contribution in [0.15, 0.2) is 47.4 Å². The number of carbonyl (C=O) groups is 2. The van der Waals surface area contributed by atoms with E-state index >= 15 is 0 Å². The van der Waals surface area contributed by atoms with E-state index in [9.17, 15) is 22.6 Å². The first-order chi connectivity index (χ1) is 29.3. The van der Waals surface area contributed by atoms with E-state index in [1.165, 1.54) is 192 Å². The Kier molecular flexibility index (Phi) is 42.7. The molecule has 346 valence electrons. The monoisotopic (exact) mass is 881 g/mol. The van der Waals surface area contributed by atoms with Crippen LogP contribution in [0, 0.1) is 0 Å². The van der Waals surface area contributed by atoms with Crippen LogP contribution in [0.1, 0.15) is 266 Å². The van der Waals surface area contributed by atoms with Gasteiger partial charge in [0.1, 0.15) is 10.1 Å². The molecular weight excluding hydrogens is 792 g/mol. The van der Waals surface area contributed by atoms with E-state index in [0.717, 1.165) is 44.2 Å². The standard InChI is InChI=1S/C52H90O7S.Na/c1-3-5-7-9-11-13-15-17-19-21-23-25-27-29-31-33-35-37-39-41-45-58-51(53)49-44-43-48(60(55,56)57)47-50(49)52(54)59-46-42-40-38-36-34-32-30-28-26-24-22-20-18-16-14-12-10-8-6-4-2;/h9-12,43-44,47H,3-8,13-42,45-46H2,1-2H3,(H,55,56,57);/q;+1/p-1/b11-9+,12-10+;. The number of carbonyl (C=O) groups excluding carboxylic acids is 2. The quantitative estimate of drug-likeness (QED) is 0.0211. The van der Waals surface area contributed by atoms with E-state index in [-0.39, 0.29) is 53.9 Å². The summed E-state index contributed by atoms with van der Waals surface area (Å²) in [5.41, 5.74) is -0.331. The number of rotatable bonds is 43. The first-order valence-electron chi connectivity index (χ1n) is 25.0. The van der Waals surface area contributed by atoms with E-state index in [1.807, 2.05) is 0 Å². The second-order valence-electron chi connectivity index (χ2n) is 17.1. The van der Waals surface area contributed by atoms with Gasteiger partial charge in [0, 0.05) is 0 Å². The minimum atomic E-state index is -4.82. The molecule has 0 aromatic heterocycles. The van der Waals surface area contributed by atoms with Gasteiger partial charge in [0.2, 0.25) is 0 Å². The second kappa shape index (κ2) is 43.8. The molecule has 0 atom stereocenters. The average molecular weight is 881 g/mol. The number of ether oxygens (including phenoxy) is 2. The van der Waals surface area contributed by atoms with Crippen molar-refractivity contribution < 1.29 is 61.6 Å². The summed E-state index contributed by atoms with van der Waals surface area (Å²) in [7, 11) is -4.82. The molecule has 0 amide bonds. The van der Waals surface area contributed by atoms with Crippen LogP contribution in [-0.2, 0) is 19.6 Å². The Balaban J connectivity index is 0.0000360. The minimum absolute atomic E-state index is 0. The molecule has 0 aliphatic heterocycles. The minimum Gasteiger partial charge on any atom is -0.744 e. The molecule has 0 heterocycles. The summed E-state index contributed by atoms with van der Waals surface area (Å²) in [6.07, 6.45) is 53.6. The maximum absolute atomic E-state index is 13.0. The largest absolute Gasteiger partial charge is 1.00 e. The van der Waals surface area contributed by atoms with Crippen molar-refractivity contribution in [3.63, 3.8) is 0 Å². The van der Waals surface area contributed by atoms with Crippen LogP contribution in [0.5, 0.6) is 0 Å². The van der Waals surface area contributed by atoms with Crippen molar-refractivity contribution in [2.24, 2.45) is 0 Å². The number of unbranched alkanes of at least 4 members (excludes halogenated alkanes) is 32. The first kappa shape index (κ1) is 59.5. The molecule has 1 rings (SSSR count). The Morgan fingerprint density at radius 2 is 0.721 bits per heavy atom. The predicted molar refractivity (Wildman–Crippen MR) is 251 cm³/mol. The first-order valence-corrected chi connectivity index (χ1v) is 26.5. The van der Waals surface area contributed by atoms with Gasteiger partial charge < -0.3 is 14.0 Å². The topological polar surface area (TPSA) is 110 Å². The number of hydrogen-bond acceptors (Lipinski definition) is 7. The summed E-state index contributed by atoms with van der Waals surface area (Å²) in [5, 5.41) is 0. The molecule has 0 aliphatic rings. The van der Waals surface area contributed by atoms with Crippen LogP contribution in [0.4, 0.5) is 0 Å². The van der Waals surface area contributed by atoms with Gasteiger partial charge in [-0.15, -0.1) is 0 Å². The SMILES string of the molecule is CCCC/C=C/CCCCCCCCCCCCCCCCOC(=O)c1ccc(S(=O)(=O)[O-])cc1C(=O)OCCCCCCCCCCCCCCCC/C=C/CCCC.[Na+]. The fourth-order valence-corrected chi connectivity index (χ4v) is 8.09. The smallest absolute Gasteiger partial charge is 0.744 e. The van der Waals surface area contributed by atoms with Gasteiger partial charge in [-0.1, -0.05) is 218 Å². The van der Waals surface area contributed by atoms with Crippen molar-refractivity contribution in [2.45, 2.75) is 250 Å². The van der Waals surface area contributed by atoms with Crippen LogP contribution in [0.3, 0.4) is 0 Å². The molecular formula is C52H89NaO7S. The summed E-state index contributed by atoms with van der Waals surface area (Å²) < 4.78 is 45.9. The van der Waals surface area contributed by atoms with Crippen LogP contribution < -0.4 is 29.6 Å². The molecule has 0 saturated carbocycles. The van der Waals surface area contributed by atoms with Crippen LogP contribution in [-0.4, -0.2) is 38.1 Å². The van der Waals surface area contributed by atoms with E-state index in [0.29, 0.717) is 12.8 Å². The molecule has 1 aromatic carbocycles. The molecule has 0 saturated heterocycles. The Labute approximate surface area is 397 Å². The maximum Gasteiger partial charge on any atom is 1.00 e. The van der Waals surface area contributed by atoms with Crippen molar-refractivity contribution in [3.05, 3.63) is 53.6 Å². The Hall–Kier alpha value is -1.45. The van der Waals surface area contributed by atoms with Crippen molar-refractivity contribution in [1.29, 1.82) is 0 Å². The molecule has 1 aromatic rings. The maximum atomic E-state index is 13.0. The zero-order valence-electron chi connectivity index (χ0n) is 39.7. The van der Waals surface area contributed by atoms with Gasteiger partial charge in [-0.2, -0.15) is 0 Å². The second-order valence-corrected chi connectivity index (χ2v) is 18.5. The Morgan fingerprint density at radius 3 is 1.03 bits per heavy atom. The fourth-order valence-electron chi connectivity index (χ4n) is 7.60. The molecule has 0 aliphatic carbocycles. The number of hydrogen-bond donors (Lipinski definition) is 0. The van der Waals surface area contributed by atoms with Crippen molar-refractivity contribution in [1.82, 2.24) is 0 Å². The van der Waals surface area contributed by atoms with Gasteiger partial charge in [0.15, 0.2) is 0 Å². The van der Waals surface area contributed by atoms with Gasteiger partial charge in [0.25, 0.3) is 0 Å². The molecule has 7 nitrogen and oxygen atoms in total. The summed E-state index contributed by atoms with van der Waals surface area (Å²) >= 11 is 0. The van der Waals surface area contributed by atoms with Crippen LogP contribution in [0.2, 0.25) is 0 Å². The predicted octanol–water partition coefficient (Wildman–Crippen LogP) is 13.1. The third kappa shape index (κ3) is 36.6. The van der Waals surface area contributed by atoms with E-state index in [4.69, 9.17) is 9.47 Å². The zero-order chi connectivity index (χ0) is 43.6. The zero-order valence-corrected chi connectivity index (χ0v) is 42.5. The van der Waals surface area contributed by atoms with Gasteiger partial charge in [-0.05, 0) is 69.6 Å². The molecule has 0 bridgehead atoms. The average Bonchev–Trinajstić information content (AvgIpc) is 3.24. The molecule has 0 radical (unpaired) electrons. The van der Waals surface area contributed by atoms with Crippen molar-refractivity contribution in [3.8, 4) is 0 Å². The molecule has 0 spiro atoms. The molecule has 0 unspecified atom stereocenters. The van der Waals surface area contributed by atoms with E-state index in [2.05, 4.69) is 38.2 Å². The van der Waals surface area contributed by atoms with Crippen LogP contribution in [0.25, 0.3) is 0 Å². The molecule has 61 heavy (non-hydrogen) atoms. The summed E-state index contributed by atoms with van der Waals surface area (Å²) in [4.78, 5) is 25.3.